The second kappa shape index (κ2) is 15.3. The van der Waals surface area contributed by atoms with E-state index in [1.165, 1.54) is 15.3 Å². The first-order valence-corrected chi connectivity index (χ1v) is 17.3. The fraction of sp³-hybridized carbons (Fsp3) is 0.429. The Morgan fingerprint density at radius 3 is 2.30 bits per heavy atom. The van der Waals surface area contributed by atoms with Crippen molar-refractivity contribution in [3.05, 3.63) is 101 Å². The van der Waals surface area contributed by atoms with Crippen LogP contribution in [0.5, 0.6) is 0 Å². The zero-order valence-corrected chi connectivity index (χ0v) is 26.8. The van der Waals surface area contributed by atoms with Crippen LogP contribution in [0.25, 0.3) is 0 Å². The fourth-order valence-corrected chi connectivity index (χ4v) is 6.91. The van der Waals surface area contributed by atoms with Crippen molar-refractivity contribution in [3.63, 3.8) is 0 Å². The Bertz CT molecular complexity index is 1520. The number of hydrogen-bond acceptors (Lipinski definition) is 4. The molecule has 9 heteroatoms. The molecule has 0 spiro atoms. The lowest BCUT2D eigenvalue weighted by atomic mass is 9.94. The molecule has 44 heavy (non-hydrogen) atoms. The highest BCUT2D eigenvalue weighted by Gasteiger charge is 2.32. The van der Waals surface area contributed by atoms with E-state index in [-0.39, 0.29) is 50.2 Å². The van der Waals surface area contributed by atoms with Crippen molar-refractivity contribution >= 4 is 27.5 Å². The lowest BCUT2D eigenvalue weighted by Crippen LogP contribution is -2.53. The summed E-state index contributed by atoms with van der Waals surface area (Å²) in [5, 5.41) is 3.19. The van der Waals surface area contributed by atoms with Gasteiger partial charge in [0.2, 0.25) is 21.8 Å². The van der Waals surface area contributed by atoms with Gasteiger partial charge in [-0.05, 0) is 61.9 Å². The molecule has 0 saturated heterocycles. The minimum atomic E-state index is -3.62. The van der Waals surface area contributed by atoms with Crippen LogP contribution < -0.4 is 9.62 Å². The van der Waals surface area contributed by atoms with Gasteiger partial charge in [-0.3, -0.25) is 13.9 Å². The van der Waals surface area contributed by atoms with Crippen molar-refractivity contribution in [2.75, 3.05) is 17.1 Å². The number of aryl methyl sites for hydroxylation is 1. The van der Waals surface area contributed by atoms with Crippen LogP contribution in [0.3, 0.4) is 0 Å². The molecule has 3 aromatic carbocycles. The van der Waals surface area contributed by atoms with Crippen LogP contribution in [-0.2, 0) is 32.6 Å². The van der Waals surface area contributed by atoms with E-state index in [1.54, 1.807) is 24.3 Å². The van der Waals surface area contributed by atoms with E-state index in [1.807, 2.05) is 56.3 Å². The molecule has 3 aromatic rings. The van der Waals surface area contributed by atoms with Gasteiger partial charge in [-0.15, -0.1) is 0 Å². The monoisotopic (exact) mass is 621 g/mol. The van der Waals surface area contributed by atoms with Gasteiger partial charge in [0, 0.05) is 37.5 Å². The van der Waals surface area contributed by atoms with Crippen LogP contribution in [0.1, 0.15) is 67.2 Å². The average molecular weight is 622 g/mol. The van der Waals surface area contributed by atoms with E-state index < -0.39 is 21.9 Å². The maximum absolute atomic E-state index is 14.9. The van der Waals surface area contributed by atoms with Gasteiger partial charge < -0.3 is 10.2 Å². The molecule has 4 rings (SSSR count). The van der Waals surface area contributed by atoms with Crippen LogP contribution in [-0.4, -0.2) is 50.0 Å². The van der Waals surface area contributed by atoms with Crippen molar-refractivity contribution in [3.8, 4) is 0 Å². The molecule has 1 fully saturated rings. The van der Waals surface area contributed by atoms with E-state index >= 15 is 0 Å². The summed E-state index contributed by atoms with van der Waals surface area (Å²) in [4.78, 5) is 29.4. The van der Waals surface area contributed by atoms with Gasteiger partial charge in [0.25, 0.3) is 0 Å². The number of amides is 2. The number of anilines is 1. The van der Waals surface area contributed by atoms with Crippen LogP contribution in [0.4, 0.5) is 10.1 Å². The third-order valence-corrected chi connectivity index (χ3v) is 9.70. The third kappa shape index (κ3) is 8.91. The normalized spacial score (nSPS) is 14.5. The second-order valence-electron chi connectivity index (χ2n) is 11.8. The van der Waals surface area contributed by atoms with Crippen LogP contribution in [0, 0.1) is 19.7 Å². The molecule has 236 valence electrons. The maximum atomic E-state index is 14.9. The highest BCUT2D eigenvalue weighted by atomic mass is 32.2. The van der Waals surface area contributed by atoms with Crippen molar-refractivity contribution in [1.82, 2.24) is 10.2 Å². The molecule has 1 aliphatic carbocycles. The Morgan fingerprint density at radius 1 is 0.932 bits per heavy atom. The quantitative estimate of drug-likeness (QED) is 0.251. The lowest BCUT2D eigenvalue weighted by Gasteiger charge is -2.34. The summed E-state index contributed by atoms with van der Waals surface area (Å²) in [5.74, 6) is -1.03. The molecule has 0 aliphatic heterocycles. The van der Waals surface area contributed by atoms with Gasteiger partial charge in [0.1, 0.15) is 11.9 Å². The Labute approximate surface area is 261 Å². The molecule has 0 aromatic heterocycles. The van der Waals surface area contributed by atoms with Gasteiger partial charge >= 0.3 is 0 Å². The number of halogens is 1. The Morgan fingerprint density at radius 2 is 1.61 bits per heavy atom. The van der Waals surface area contributed by atoms with Crippen molar-refractivity contribution in [2.45, 2.75) is 83.8 Å². The van der Waals surface area contributed by atoms with Crippen LogP contribution in [0.15, 0.2) is 72.8 Å². The third-order valence-electron chi connectivity index (χ3n) is 8.52. The average Bonchev–Trinajstić information content (AvgIpc) is 3.00. The first-order chi connectivity index (χ1) is 21.0. The Hall–Kier alpha value is -3.72. The van der Waals surface area contributed by atoms with Crippen LogP contribution >= 0.6 is 0 Å². The Balaban J connectivity index is 1.61. The Kier molecular flexibility index (Phi) is 11.6. The molecule has 0 radical (unpaired) electrons. The highest BCUT2D eigenvalue weighted by Crippen LogP contribution is 2.26. The summed E-state index contributed by atoms with van der Waals surface area (Å²) in [6, 6.07) is 20.5. The summed E-state index contributed by atoms with van der Waals surface area (Å²) in [6.07, 6.45) is 6.68. The molecule has 1 aliphatic rings. The predicted octanol–water partition coefficient (Wildman–Crippen LogP) is 6.08. The second-order valence-corrected chi connectivity index (χ2v) is 13.7. The standard InChI is InChI=1S/C35H44FN3O4S/c1-26-14-12-21-32(27(26)2)39(44(3,42)43)23-13-22-34(40)38(25-29-17-10-11-20-31(29)36)33(24-28-15-6-4-7-16-28)35(41)37-30-18-8-5-9-19-30/h4,6-7,10-12,14-17,20-21,30,33H,5,8-9,13,18-19,22-25H2,1-3H3,(H,37,41). The molecular formula is C35H44FN3O4S. The molecule has 1 saturated carbocycles. The molecule has 1 N–H and O–H groups in total. The summed E-state index contributed by atoms with van der Waals surface area (Å²) < 4.78 is 41.9. The van der Waals surface area contributed by atoms with Crippen LogP contribution in [0.2, 0.25) is 0 Å². The van der Waals surface area contributed by atoms with Gasteiger partial charge in [-0.25, -0.2) is 12.8 Å². The highest BCUT2D eigenvalue weighted by molar-refractivity contribution is 7.92. The SMILES string of the molecule is Cc1cccc(N(CCCC(=O)N(Cc2ccccc2F)C(Cc2ccccc2)C(=O)NC2CCCCC2)S(C)(=O)=O)c1C. The zero-order valence-electron chi connectivity index (χ0n) is 26.0. The summed E-state index contributed by atoms with van der Waals surface area (Å²) >= 11 is 0. The number of nitrogens with zero attached hydrogens (tertiary/aromatic N) is 2. The largest absolute Gasteiger partial charge is 0.352 e. The van der Waals surface area contributed by atoms with E-state index in [4.69, 9.17) is 0 Å². The first kappa shape index (κ1) is 33.2. The van der Waals surface area contributed by atoms with E-state index in [9.17, 15) is 22.4 Å². The minimum absolute atomic E-state index is 0.00661. The number of benzene rings is 3. The van der Waals surface area contributed by atoms with E-state index in [0.717, 1.165) is 55.1 Å². The fourth-order valence-electron chi connectivity index (χ4n) is 5.90. The molecule has 1 unspecified atom stereocenters. The van der Waals surface area contributed by atoms with Crippen molar-refractivity contribution in [2.24, 2.45) is 0 Å². The molecule has 0 heterocycles. The smallest absolute Gasteiger partial charge is 0.243 e. The lowest BCUT2D eigenvalue weighted by molar-refractivity contribution is -0.141. The number of rotatable bonds is 13. The van der Waals surface area contributed by atoms with Gasteiger partial charge in [0.05, 0.1) is 11.9 Å². The number of carbonyl (C=O) groups excluding carboxylic acids is 2. The minimum Gasteiger partial charge on any atom is -0.352 e. The maximum Gasteiger partial charge on any atom is 0.243 e. The summed E-state index contributed by atoms with van der Waals surface area (Å²) in [7, 11) is -3.62. The zero-order chi connectivity index (χ0) is 31.7. The summed E-state index contributed by atoms with van der Waals surface area (Å²) in [5.41, 5.74) is 3.61. The van der Waals surface area contributed by atoms with Gasteiger partial charge in [0.15, 0.2) is 0 Å². The molecular weight excluding hydrogens is 577 g/mol. The predicted molar refractivity (Wildman–Crippen MR) is 173 cm³/mol. The number of sulfonamides is 1. The molecule has 2 amide bonds. The van der Waals surface area contributed by atoms with Gasteiger partial charge in [-0.1, -0.05) is 79.9 Å². The van der Waals surface area contributed by atoms with E-state index in [0.29, 0.717) is 11.3 Å². The van der Waals surface area contributed by atoms with E-state index in [2.05, 4.69) is 5.32 Å². The molecule has 1 atom stereocenters. The topological polar surface area (TPSA) is 86.8 Å². The molecule has 7 nitrogen and oxygen atoms in total. The molecule has 0 bridgehead atoms. The summed E-state index contributed by atoms with van der Waals surface area (Å²) in [6.45, 7) is 3.83. The van der Waals surface area contributed by atoms with Crippen molar-refractivity contribution < 1.29 is 22.4 Å². The number of carbonyl (C=O) groups is 2. The van der Waals surface area contributed by atoms with Crippen molar-refractivity contribution in [1.29, 1.82) is 0 Å². The van der Waals surface area contributed by atoms with Gasteiger partial charge in [-0.2, -0.15) is 0 Å². The number of nitrogens with one attached hydrogen (secondary N) is 1. The number of hydrogen-bond donors (Lipinski definition) is 1. The first-order valence-electron chi connectivity index (χ1n) is 15.5.